The Bertz CT molecular complexity index is 210. The van der Waals surface area contributed by atoms with E-state index in [0.717, 1.165) is 18.1 Å². The van der Waals surface area contributed by atoms with Crippen molar-refractivity contribution < 1.29 is 0 Å². The van der Waals surface area contributed by atoms with Crippen LogP contribution in [0.4, 0.5) is 0 Å². The molecule has 1 saturated heterocycles. The van der Waals surface area contributed by atoms with Gasteiger partial charge in [0.25, 0.3) is 0 Å². The van der Waals surface area contributed by atoms with Crippen molar-refractivity contribution in [2.24, 2.45) is 0 Å². The van der Waals surface area contributed by atoms with Crippen LogP contribution < -0.4 is 5.32 Å². The third-order valence-corrected chi connectivity index (χ3v) is 2.66. The topological polar surface area (TPSA) is 66.5 Å². The van der Waals surface area contributed by atoms with Gasteiger partial charge in [-0.1, -0.05) is 5.21 Å². The van der Waals surface area contributed by atoms with Gasteiger partial charge < -0.3 is 5.32 Å². The third kappa shape index (κ3) is 2.09. The molecule has 12 heavy (non-hydrogen) atoms. The van der Waals surface area contributed by atoms with Gasteiger partial charge in [-0.05, 0) is 0 Å². The van der Waals surface area contributed by atoms with Crippen molar-refractivity contribution in [1.82, 2.24) is 25.9 Å². The largest absolute Gasteiger partial charge is 0.306 e. The Kier molecular flexibility index (Phi) is 3.77. The first-order valence-corrected chi connectivity index (χ1v) is 4.67. The van der Waals surface area contributed by atoms with Crippen molar-refractivity contribution in [3.63, 3.8) is 0 Å². The number of hydrogen-bond acceptors (Lipinski definition) is 5. The quantitative estimate of drug-likeness (QED) is 0.679. The van der Waals surface area contributed by atoms with Crippen molar-refractivity contribution in [3.8, 4) is 0 Å². The summed E-state index contributed by atoms with van der Waals surface area (Å²) in [5.41, 5.74) is 0. The fourth-order valence-electron chi connectivity index (χ4n) is 1.05. The maximum atomic E-state index is 3.92. The van der Waals surface area contributed by atoms with Crippen molar-refractivity contribution >= 4 is 24.2 Å². The Morgan fingerprint density at radius 2 is 2.42 bits per heavy atom. The highest BCUT2D eigenvalue weighted by Gasteiger charge is 2.18. The summed E-state index contributed by atoms with van der Waals surface area (Å²) >= 11 is 1.92. The van der Waals surface area contributed by atoms with E-state index < -0.39 is 0 Å². The highest BCUT2D eigenvalue weighted by atomic mass is 35.5. The van der Waals surface area contributed by atoms with Crippen LogP contribution in [0.3, 0.4) is 0 Å². The lowest BCUT2D eigenvalue weighted by molar-refractivity contribution is 0.565. The molecule has 0 radical (unpaired) electrons. The Morgan fingerprint density at radius 3 is 3.00 bits per heavy atom. The molecule has 0 bridgehead atoms. The summed E-state index contributed by atoms with van der Waals surface area (Å²) in [7, 11) is 0. The summed E-state index contributed by atoms with van der Waals surface area (Å²) in [6, 6.07) is 0.285. The van der Waals surface area contributed by atoms with Crippen LogP contribution in [0.5, 0.6) is 0 Å². The van der Waals surface area contributed by atoms with Crippen molar-refractivity contribution in [2.75, 3.05) is 18.1 Å². The predicted octanol–water partition coefficient (Wildman–Crippen LogP) is -0.00100. The lowest BCUT2D eigenvalue weighted by atomic mass is 10.3. The minimum atomic E-state index is 0. The van der Waals surface area contributed by atoms with Crippen LogP contribution in [0.1, 0.15) is 11.9 Å². The summed E-state index contributed by atoms with van der Waals surface area (Å²) in [6.07, 6.45) is 0. The van der Waals surface area contributed by atoms with Gasteiger partial charge in [0.1, 0.15) is 0 Å². The number of nitrogens with one attached hydrogen (secondary N) is 2. The standard InChI is InChI=1S/C5H9N5S.ClH/c1-2-11-3-4(6-1)5-7-9-10-8-5;/h4,6H,1-3H2,(H,7,8,9,10);1H. The van der Waals surface area contributed by atoms with Crippen molar-refractivity contribution in [3.05, 3.63) is 5.82 Å². The molecule has 1 atom stereocenters. The van der Waals surface area contributed by atoms with Crippen LogP contribution in [-0.2, 0) is 0 Å². The van der Waals surface area contributed by atoms with Gasteiger partial charge >= 0.3 is 0 Å². The van der Waals surface area contributed by atoms with E-state index in [2.05, 4.69) is 25.9 Å². The molecular weight excluding hydrogens is 198 g/mol. The monoisotopic (exact) mass is 207 g/mol. The smallest absolute Gasteiger partial charge is 0.192 e. The average molecular weight is 208 g/mol. The highest BCUT2D eigenvalue weighted by molar-refractivity contribution is 7.99. The number of H-pyrrole nitrogens is 1. The molecule has 1 aromatic rings. The van der Waals surface area contributed by atoms with Gasteiger partial charge in [0.15, 0.2) is 5.82 Å². The molecule has 5 nitrogen and oxygen atoms in total. The van der Waals surface area contributed by atoms with E-state index in [-0.39, 0.29) is 18.4 Å². The van der Waals surface area contributed by atoms with E-state index >= 15 is 0 Å². The van der Waals surface area contributed by atoms with Crippen LogP contribution in [0.25, 0.3) is 0 Å². The molecule has 68 valence electrons. The van der Waals surface area contributed by atoms with Crippen LogP contribution in [0.15, 0.2) is 0 Å². The van der Waals surface area contributed by atoms with Gasteiger partial charge in [0.2, 0.25) is 0 Å². The van der Waals surface area contributed by atoms with Gasteiger partial charge in [-0.3, -0.25) is 0 Å². The highest BCUT2D eigenvalue weighted by Crippen LogP contribution is 2.17. The Morgan fingerprint density at radius 1 is 1.50 bits per heavy atom. The number of aromatic nitrogens is 4. The van der Waals surface area contributed by atoms with Crippen molar-refractivity contribution in [1.29, 1.82) is 0 Å². The second-order valence-corrected chi connectivity index (χ2v) is 3.50. The van der Waals surface area contributed by atoms with Crippen molar-refractivity contribution in [2.45, 2.75) is 6.04 Å². The van der Waals surface area contributed by atoms with Gasteiger partial charge in [-0.25, -0.2) is 0 Å². The fraction of sp³-hybridized carbons (Fsp3) is 0.800. The number of tetrazole rings is 1. The van der Waals surface area contributed by atoms with Crippen LogP contribution in [-0.4, -0.2) is 38.7 Å². The molecule has 0 aliphatic carbocycles. The van der Waals surface area contributed by atoms with E-state index in [1.165, 1.54) is 5.75 Å². The van der Waals surface area contributed by atoms with E-state index in [1.807, 2.05) is 11.8 Å². The van der Waals surface area contributed by atoms with Crippen LogP contribution >= 0.6 is 24.2 Å². The van der Waals surface area contributed by atoms with Gasteiger partial charge in [-0.2, -0.15) is 17.0 Å². The number of rotatable bonds is 1. The summed E-state index contributed by atoms with van der Waals surface area (Å²) in [6.45, 7) is 1.03. The molecule has 2 rings (SSSR count). The number of halogens is 1. The second kappa shape index (κ2) is 4.64. The zero-order valence-corrected chi connectivity index (χ0v) is 7.99. The summed E-state index contributed by atoms with van der Waals surface area (Å²) in [5, 5.41) is 17.1. The molecule has 2 heterocycles. The maximum Gasteiger partial charge on any atom is 0.192 e. The first kappa shape index (κ1) is 9.76. The van der Waals surface area contributed by atoms with Crippen LogP contribution in [0, 0.1) is 0 Å². The Labute approximate surface area is 80.5 Å². The normalized spacial score (nSPS) is 23.2. The molecule has 1 unspecified atom stereocenters. The Balaban J connectivity index is 0.000000720. The number of hydrogen-bond donors (Lipinski definition) is 2. The minimum absolute atomic E-state index is 0. The average Bonchev–Trinajstić information content (AvgIpc) is 2.58. The second-order valence-electron chi connectivity index (χ2n) is 2.35. The molecule has 7 heteroatoms. The summed E-state index contributed by atoms with van der Waals surface area (Å²) in [5.74, 6) is 2.99. The maximum absolute atomic E-state index is 3.92. The zero-order chi connectivity index (χ0) is 7.52. The number of aromatic amines is 1. The molecule has 1 aliphatic rings. The number of thioether (sulfide) groups is 1. The van der Waals surface area contributed by atoms with Crippen LogP contribution in [0.2, 0.25) is 0 Å². The third-order valence-electron chi connectivity index (χ3n) is 1.60. The molecule has 2 N–H and O–H groups in total. The molecule has 1 aliphatic heterocycles. The minimum Gasteiger partial charge on any atom is -0.306 e. The first-order valence-electron chi connectivity index (χ1n) is 3.51. The molecule has 1 aromatic heterocycles. The number of nitrogens with zero attached hydrogens (tertiary/aromatic N) is 3. The predicted molar refractivity (Wildman–Crippen MR) is 49.5 cm³/mol. The molecular formula is C5H10ClN5S. The molecule has 0 amide bonds. The van der Waals surface area contributed by atoms with Gasteiger partial charge in [-0.15, -0.1) is 22.6 Å². The first-order chi connectivity index (χ1) is 5.47. The molecule has 1 fully saturated rings. The van der Waals surface area contributed by atoms with E-state index in [1.54, 1.807) is 0 Å². The molecule has 0 spiro atoms. The van der Waals surface area contributed by atoms with E-state index in [0.29, 0.717) is 0 Å². The van der Waals surface area contributed by atoms with E-state index in [9.17, 15) is 0 Å². The van der Waals surface area contributed by atoms with E-state index in [4.69, 9.17) is 0 Å². The SMILES string of the molecule is C1CSCC(c2nn[nH]n2)N1.Cl. The lowest BCUT2D eigenvalue weighted by Crippen LogP contribution is -2.31. The summed E-state index contributed by atoms with van der Waals surface area (Å²) < 4.78 is 0. The van der Waals surface area contributed by atoms with Gasteiger partial charge in [0.05, 0.1) is 6.04 Å². The molecule has 0 aromatic carbocycles. The Hall–Kier alpha value is -0.330. The fourth-order valence-corrected chi connectivity index (χ4v) is 1.98. The summed E-state index contributed by atoms with van der Waals surface area (Å²) in [4.78, 5) is 0. The van der Waals surface area contributed by atoms with Gasteiger partial charge in [0, 0.05) is 18.1 Å². The lowest BCUT2D eigenvalue weighted by Gasteiger charge is -2.19. The zero-order valence-electron chi connectivity index (χ0n) is 6.36. The molecule has 0 saturated carbocycles.